The second kappa shape index (κ2) is 10.0. The topological polar surface area (TPSA) is 79.5 Å². The van der Waals surface area contributed by atoms with Crippen LogP contribution in [0.25, 0.3) is 0 Å². The molecule has 2 atom stereocenters. The van der Waals surface area contributed by atoms with Crippen LogP contribution in [0.2, 0.25) is 0 Å². The summed E-state index contributed by atoms with van der Waals surface area (Å²) in [5.41, 5.74) is 2.03. The highest BCUT2D eigenvalue weighted by molar-refractivity contribution is 5.93. The Hall–Kier alpha value is -2.93. The summed E-state index contributed by atoms with van der Waals surface area (Å²) < 4.78 is 17.7. The molecule has 0 radical (unpaired) electrons. The molecular formula is C22H26FN3O3. The van der Waals surface area contributed by atoms with Crippen LogP contribution in [0.1, 0.15) is 28.8 Å². The minimum absolute atomic E-state index is 0.182. The molecule has 1 fully saturated rings. The van der Waals surface area contributed by atoms with Gasteiger partial charge in [0.25, 0.3) is 0 Å². The molecule has 29 heavy (non-hydrogen) atoms. The van der Waals surface area contributed by atoms with E-state index in [9.17, 15) is 14.0 Å². The lowest BCUT2D eigenvalue weighted by Gasteiger charge is -2.30. The quantitative estimate of drug-likeness (QED) is 0.651. The van der Waals surface area contributed by atoms with Crippen LogP contribution in [-0.2, 0) is 11.2 Å². The lowest BCUT2D eigenvalue weighted by atomic mass is 9.87. The first-order valence-corrected chi connectivity index (χ1v) is 9.74. The molecule has 2 amide bonds. The number of methoxy groups -OCH3 is 1. The van der Waals surface area contributed by atoms with Crippen molar-refractivity contribution in [3.05, 3.63) is 65.5 Å². The molecule has 0 aromatic heterocycles. The third-order valence-electron chi connectivity index (χ3n) is 5.09. The summed E-state index contributed by atoms with van der Waals surface area (Å²) in [6.07, 6.45) is 2.90. The van der Waals surface area contributed by atoms with Gasteiger partial charge < -0.3 is 20.7 Å². The number of carbonyl (C=O) groups excluding carboxylic acids is 2. The van der Waals surface area contributed by atoms with E-state index in [-0.39, 0.29) is 17.9 Å². The van der Waals surface area contributed by atoms with E-state index >= 15 is 0 Å². The Morgan fingerprint density at radius 3 is 2.76 bits per heavy atom. The molecule has 0 unspecified atom stereocenters. The highest BCUT2D eigenvalue weighted by atomic mass is 19.1. The standard InChI is InChI=1S/C22H26FN3O3/c1-29-21(27)17-3-2-4-19(13-17)26-22(28)25-14-20-12-16(9-10-24-20)11-15-5-7-18(23)8-6-15/h2-8,13,16,20,24H,9-12,14H2,1H3,(H2,25,26,28)/t16-,20+/m1/s1. The van der Waals surface area contributed by atoms with Crippen LogP contribution in [0, 0.1) is 11.7 Å². The number of halogens is 1. The summed E-state index contributed by atoms with van der Waals surface area (Å²) in [7, 11) is 1.32. The Labute approximate surface area is 169 Å². The van der Waals surface area contributed by atoms with Gasteiger partial charge >= 0.3 is 12.0 Å². The number of hydrogen-bond donors (Lipinski definition) is 3. The van der Waals surface area contributed by atoms with Crippen molar-refractivity contribution < 1.29 is 18.7 Å². The lowest BCUT2D eigenvalue weighted by molar-refractivity contribution is 0.0600. The van der Waals surface area contributed by atoms with Gasteiger partial charge in [-0.05, 0) is 67.6 Å². The number of piperidine rings is 1. The summed E-state index contributed by atoms with van der Waals surface area (Å²) >= 11 is 0. The fraction of sp³-hybridized carbons (Fsp3) is 0.364. The summed E-state index contributed by atoms with van der Waals surface area (Å²) in [6, 6.07) is 13.1. The van der Waals surface area contributed by atoms with E-state index in [1.807, 2.05) is 12.1 Å². The zero-order chi connectivity index (χ0) is 20.6. The van der Waals surface area contributed by atoms with Gasteiger partial charge in [-0.25, -0.2) is 14.0 Å². The summed E-state index contributed by atoms with van der Waals surface area (Å²) in [5.74, 6) is -0.176. The number of urea groups is 1. The summed E-state index contributed by atoms with van der Waals surface area (Å²) in [5, 5.41) is 9.04. The zero-order valence-corrected chi connectivity index (χ0v) is 16.4. The van der Waals surface area contributed by atoms with Crippen LogP contribution in [0.15, 0.2) is 48.5 Å². The zero-order valence-electron chi connectivity index (χ0n) is 16.4. The second-order valence-electron chi connectivity index (χ2n) is 7.28. The number of carbonyl (C=O) groups is 2. The normalized spacial score (nSPS) is 18.7. The number of esters is 1. The molecule has 0 bridgehead atoms. The molecule has 0 saturated carbocycles. The smallest absolute Gasteiger partial charge is 0.337 e. The van der Waals surface area contributed by atoms with E-state index in [1.165, 1.54) is 19.2 Å². The summed E-state index contributed by atoms with van der Waals surface area (Å²) in [4.78, 5) is 23.8. The van der Waals surface area contributed by atoms with Gasteiger partial charge in [-0.15, -0.1) is 0 Å². The number of ether oxygens (including phenoxy) is 1. The minimum Gasteiger partial charge on any atom is -0.465 e. The van der Waals surface area contributed by atoms with Gasteiger partial charge in [0.2, 0.25) is 0 Å². The molecule has 7 heteroatoms. The van der Waals surface area contributed by atoms with E-state index in [0.717, 1.165) is 31.4 Å². The maximum absolute atomic E-state index is 13.1. The van der Waals surface area contributed by atoms with E-state index in [1.54, 1.807) is 24.3 Å². The van der Waals surface area contributed by atoms with Gasteiger partial charge in [0.1, 0.15) is 5.82 Å². The average molecular weight is 399 g/mol. The first kappa shape index (κ1) is 20.8. The van der Waals surface area contributed by atoms with Gasteiger partial charge in [-0.1, -0.05) is 18.2 Å². The highest BCUT2D eigenvalue weighted by Crippen LogP contribution is 2.21. The van der Waals surface area contributed by atoms with Crippen molar-refractivity contribution in [1.29, 1.82) is 0 Å². The predicted octanol–water partition coefficient (Wildman–Crippen LogP) is 3.34. The molecule has 1 heterocycles. The van der Waals surface area contributed by atoms with Gasteiger partial charge in [0, 0.05) is 18.3 Å². The van der Waals surface area contributed by atoms with Gasteiger partial charge in [-0.3, -0.25) is 0 Å². The van der Waals surface area contributed by atoms with Crippen LogP contribution < -0.4 is 16.0 Å². The number of amides is 2. The van der Waals surface area contributed by atoms with E-state index in [4.69, 9.17) is 0 Å². The van der Waals surface area contributed by atoms with Crippen molar-refractivity contribution in [3.8, 4) is 0 Å². The molecule has 6 nitrogen and oxygen atoms in total. The van der Waals surface area contributed by atoms with Crippen molar-refractivity contribution in [2.24, 2.45) is 5.92 Å². The molecular weight excluding hydrogens is 373 g/mol. The SMILES string of the molecule is COC(=O)c1cccc(NC(=O)NC[C@@H]2C[C@@H](Cc3ccc(F)cc3)CCN2)c1. The maximum Gasteiger partial charge on any atom is 0.337 e. The Morgan fingerprint density at radius 1 is 1.21 bits per heavy atom. The maximum atomic E-state index is 13.1. The van der Waals surface area contributed by atoms with Crippen molar-refractivity contribution in [2.45, 2.75) is 25.3 Å². The molecule has 1 saturated heterocycles. The van der Waals surface area contributed by atoms with E-state index in [0.29, 0.717) is 23.7 Å². The van der Waals surface area contributed by atoms with E-state index < -0.39 is 5.97 Å². The van der Waals surface area contributed by atoms with E-state index in [2.05, 4.69) is 20.7 Å². The molecule has 3 rings (SSSR count). The molecule has 0 aliphatic carbocycles. The Morgan fingerprint density at radius 2 is 2.00 bits per heavy atom. The molecule has 2 aromatic rings. The third-order valence-corrected chi connectivity index (χ3v) is 5.09. The first-order valence-electron chi connectivity index (χ1n) is 9.74. The van der Waals surface area contributed by atoms with Crippen LogP contribution in [-0.4, -0.2) is 38.2 Å². The van der Waals surface area contributed by atoms with Crippen molar-refractivity contribution in [2.75, 3.05) is 25.5 Å². The molecule has 0 spiro atoms. The number of nitrogens with one attached hydrogen (secondary N) is 3. The fourth-order valence-electron chi connectivity index (χ4n) is 3.62. The fourth-order valence-corrected chi connectivity index (χ4v) is 3.62. The largest absolute Gasteiger partial charge is 0.465 e. The minimum atomic E-state index is -0.451. The van der Waals surface area contributed by atoms with Crippen molar-refractivity contribution in [3.63, 3.8) is 0 Å². The lowest BCUT2D eigenvalue weighted by Crippen LogP contribution is -2.47. The second-order valence-corrected chi connectivity index (χ2v) is 7.28. The predicted molar refractivity (Wildman–Crippen MR) is 109 cm³/mol. The average Bonchev–Trinajstić information content (AvgIpc) is 2.74. The van der Waals surface area contributed by atoms with Crippen molar-refractivity contribution in [1.82, 2.24) is 10.6 Å². The molecule has 1 aliphatic heterocycles. The molecule has 154 valence electrons. The Balaban J connectivity index is 1.46. The van der Waals surface area contributed by atoms with Crippen molar-refractivity contribution >= 4 is 17.7 Å². The van der Waals surface area contributed by atoms with Crippen LogP contribution in [0.5, 0.6) is 0 Å². The molecule has 1 aliphatic rings. The van der Waals surface area contributed by atoms with Gasteiger partial charge in [0.15, 0.2) is 0 Å². The number of benzene rings is 2. The molecule has 2 aromatic carbocycles. The van der Waals surface area contributed by atoms with Gasteiger partial charge in [-0.2, -0.15) is 0 Å². The summed E-state index contributed by atoms with van der Waals surface area (Å²) in [6.45, 7) is 1.39. The Bertz CT molecular complexity index is 841. The number of anilines is 1. The third kappa shape index (κ3) is 6.29. The first-order chi connectivity index (χ1) is 14.0. The highest BCUT2D eigenvalue weighted by Gasteiger charge is 2.22. The monoisotopic (exact) mass is 399 g/mol. The van der Waals surface area contributed by atoms with Crippen LogP contribution in [0.3, 0.4) is 0 Å². The molecule has 3 N–H and O–H groups in total. The van der Waals surface area contributed by atoms with Gasteiger partial charge in [0.05, 0.1) is 12.7 Å². The number of hydrogen-bond acceptors (Lipinski definition) is 4. The number of rotatable bonds is 6. The van der Waals surface area contributed by atoms with Crippen LogP contribution >= 0.6 is 0 Å². The van der Waals surface area contributed by atoms with Crippen LogP contribution in [0.4, 0.5) is 14.9 Å². The Kier molecular flexibility index (Phi) is 7.19.